The van der Waals surface area contributed by atoms with Gasteiger partial charge >= 0.3 is 0 Å². The summed E-state index contributed by atoms with van der Waals surface area (Å²) in [5, 5.41) is 8.02. The van der Waals surface area contributed by atoms with Crippen molar-refractivity contribution in [3.8, 4) is 16.9 Å². The van der Waals surface area contributed by atoms with Crippen LogP contribution in [0.15, 0.2) is 66.9 Å². The van der Waals surface area contributed by atoms with Gasteiger partial charge in [0.25, 0.3) is 5.91 Å². The number of nitrogens with one attached hydrogen (secondary N) is 1. The molecule has 1 saturated heterocycles. The first-order valence-electron chi connectivity index (χ1n) is 9.90. The van der Waals surface area contributed by atoms with E-state index in [-0.39, 0.29) is 18.3 Å². The summed E-state index contributed by atoms with van der Waals surface area (Å²) in [5.41, 5.74) is 3.32. The highest BCUT2D eigenvalue weighted by Gasteiger charge is 2.27. The highest BCUT2D eigenvalue weighted by Crippen LogP contribution is 2.26. The van der Waals surface area contributed by atoms with Crippen LogP contribution in [0.2, 0.25) is 0 Å². The predicted molar refractivity (Wildman–Crippen MR) is 119 cm³/mol. The van der Waals surface area contributed by atoms with Gasteiger partial charge in [-0.1, -0.05) is 48.5 Å². The lowest BCUT2D eigenvalue weighted by molar-refractivity contribution is 0.0675. The lowest BCUT2D eigenvalue weighted by Crippen LogP contribution is -2.42. The third-order valence-corrected chi connectivity index (χ3v) is 5.31. The summed E-state index contributed by atoms with van der Waals surface area (Å²) in [7, 11) is 1.97. The number of halogens is 1. The van der Waals surface area contributed by atoms with Crippen LogP contribution in [0.1, 0.15) is 23.2 Å². The molecule has 0 aliphatic carbocycles. The van der Waals surface area contributed by atoms with Gasteiger partial charge in [-0.05, 0) is 44.5 Å². The van der Waals surface area contributed by atoms with Gasteiger partial charge in [-0.2, -0.15) is 5.10 Å². The monoisotopic (exact) mass is 410 g/mol. The number of piperidine rings is 1. The molecule has 0 spiro atoms. The highest BCUT2D eigenvalue weighted by atomic mass is 35.5. The van der Waals surface area contributed by atoms with Crippen LogP contribution >= 0.6 is 12.4 Å². The quantitative estimate of drug-likeness (QED) is 0.690. The van der Waals surface area contributed by atoms with Crippen molar-refractivity contribution in [1.82, 2.24) is 20.0 Å². The summed E-state index contributed by atoms with van der Waals surface area (Å²) in [6.45, 7) is 2.55. The van der Waals surface area contributed by atoms with Gasteiger partial charge in [0, 0.05) is 24.8 Å². The Balaban J connectivity index is 0.00000240. The second kappa shape index (κ2) is 9.72. The molecule has 1 unspecified atom stereocenters. The predicted octanol–water partition coefficient (Wildman–Crippen LogP) is 4.03. The fraction of sp³-hybridized carbons (Fsp3) is 0.304. The Morgan fingerprint density at radius 3 is 2.48 bits per heavy atom. The van der Waals surface area contributed by atoms with E-state index >= 15 is 0 Å². The maximum atomic E-state index is 13.4. The molecule has 1 amide bonds. The van der Waals surface area contributed by atoms with Crippen molar-refractivity contribution in [2.24, 2.45) is 5.92 Å². The molecule has 2 aromatic carbocycles. The number of carbonyl (C=O) groups excluding carboxylic acids is 1. The van der Waals surface area contributed by atoms with Crippen molar-refractivity contribution in [2.45, 2.75) is 12.8 Å². The van der Waals surface area contributed by atoms with Crippen molar-refractivity contribution in [3.63, 3.8) is 0 Å². The van der Waals surface area contributed by atoms with E-state index in [1.165, 1.54) is 6.42 Å². The highest BCUT2D eigenvalue weighted by molar-refractivity contribution is 6.00. The molecular formula is C23H27ClN4O. The average molecular weight is 411 g/mol. The molecule has 0 bridgehead atoms. The molecule has 1 fully saturated rings. The minimum absolute atomic E-state index is 0. The molecule has 1 aliphatic heterocycles. The van der Waals surface area contributed by atoms with Gasteiger partial charge in [0.05, 0.1) is 11.3 Å². The number of aromatic nitrogens is 2. The first-order chi connectivity index (χ1) is 13.8. The van der Waals surface area contributed by atoms with Crippen LogP contribution in [0.4, 0.5) is 0 Å². The van der Waals surface area contributed by atoms with Gasteiger partial charge in [-0.3, -0.25) is 4.79 Å². The molecule has 1 aliphatic rings. The Kier molecular flexibility index (Phi) is 7.07. The fourth-order valence-corrected chi connectivity index (χ4v) is 3.93. The Morgan fingerprint density at radius 1 is 1.10 bits per heavy atom. The fourth-order valence-electron chi connectivity index (χ4n) is 3.93. The molecule has 152 valence electrons. The van der Waals surface area contributed by atoms with Crippen LogP contribution < -0.4 is 5.32 Å². The van der Waals surface area contributed by atoms with Crippen molar-refractivity contribution >= 4 is 18.3 Å². The number of benzene rings is 2. The van der Waals surface area contributed by atoms with Gasteiger partial charge in [0.15, 0.2) is 0 Å². The second-order valence-corrected chi connectivity index (χ2v) is 7.35. The van der Waals surface area contributed by atoms with Crippen molar-refractivity contribution in [1.29, 1.82) is 0 Å². The summed E-state index contributed by atoms with van der Waals surface area (Å²) >= 11 is 0. The molecule has 1 N–H and O–H groups in total. The SMILES string of the molecule is CNCC1CCCN(C(=O)c2cn(-c3ccccc3)nc2-c2ccccc2)C1.Cl. The number of rotatable bonds is 5. The van der Waals surface area contributed by atoms with Crippen LogP contribution in [-0.2, 0) is 0 Å². The zero-order chi connectivity index (χ0) is 19.3. The van der Waals surface area contributed by atoms with Gasteiger partial charge < -0.3 is 10.2 Å². The topological polar surface area (TPSA) is 50.2 Å². The van der Waals surface area contributed by atoms with E-state index in [1.807, 2.05) is 83.5 Å². The maximum absolute atomic E-state index is 13.4. The lowest BCUT2D eigenvalue weighted by Gasteiger charge is -2.32. The number of likely N-dealkylation sites (tertiary alicyclic amines) is 1. The molecule has 1 aromatic heterocycles. The molecule has 6 heteroatoms. The van der Waals surface area contributed by atoms with E-state index in [1.54, 1.807) is 0 Å². The van der Waals surface area contributed by atoms with Gasteiger partial charge in [-0.25, -0.2) is 4.68 Å². The molecule has 4 rings (SSSR count). The summed E-state index contributed by atoms with van der Waals surface area (Å²) in [5.74, 6) is 0.578. The number of amides is 1. The van der Waals surface area contributed by atoms with Crippen LogP contribution in [0.3, 0.4) is 0 Å². The largest absolute Gasteiger partial charge is 0.338 e. The summed E-state index contributed by atoms with van der Waals surface area (Å²) in [6, 6.07) is 19.9. The Labute approximate surface area is 178 Å². The van der Waals surface area contributed by atoms with E-state index in [0.29, 0.717) is 11.5 Å². The molecule has 29 heavy (non-hydrogen) atoms. The van der Waals surface area contributed by atoms with E-state index < -0.39 is 0 Å². The van der Waals surface area contributed by atoms with Crippen LogP contribution in [0, 0.1) is 5.92 Å². The summed E-state index contributed by atoms with van der Waals surface area (Å²) in [6.07, 6.45) is 4.09. The zero-order valence-electron chi connectivity index (χ0n) is 16.6. The number of nitrogens with zero attached hydrogens (tertiary/aromatic N) is 3. The summed E-state index contributed by atoms with van der Waals surface area (Å²) in [4.78, 5) is 15.4. The van der Waals surface area contributed by atoms with Gasteiger partial charge in [0.2, 0.25) is 0 Å². The van der Waals surface area contributed by atoms with E-state index in [4.69, 9.17) is 5.10 Å². The Morgan fingerprint density at radius 2 is 1.79 bits per heavy atom. The Hall–Kier alpha value is -2.63. The van der Waals surface area contributed by atoms with Crippen LogP contribution in [-0.4, -0.2) is 47.3 Å². The van der Waals surface area contributed by atoms with Crippen molar-refractivity contribution < 1.29 is 4.79 Å². The van der Waals surface area contributed by atoms with Crippen LogP contribution in [0.5, 0.6) is 0 Å². The lowest BCUT2D eigenvalue weighted by atomic mass is 9.97. The third kappa shape index (κ3) is 4.69. The first kappa shape index (κ1) is 21.1. The Bertz CT molecular complexity index is 925. The van der Waals surface area contributed by atoms with Gasteiger partial charge in [-0.15, -0.1) is 12.4 Å². The molecule has 2 heterocycles. The molecule has 3 aromatic rings. The minimum atomic E-state index is 0. The smallest absolute Gasteiger partial charge is 0.257 e. The minimum Gasteiger partial charge on any atom is -0.338 e. The average Bonchev–Trinajstić information content (AvgIpc) is 3.20. The molecule has 1 atom stereocenters. The molecular weight excluding hydrogens is 384 g/mol. The number of carbonyl (C=O) groups is 1. The first-order valence-corrected chi connectivity index (χ1v) is 9.90. The number of para-hydroxylation sites is 1. The van der Waals surface area contributed by atoms with Crippen molar-refractivity contribution in [3.05, 3.63) is 72.4 Å². The molecule has 0 radical (unpaired) electrons. The van der Waals surface area contributed by atoms with Gasteiger partial charge in [0.1, 0.15) is 5.69 Å². The summed E-state index contributed by atoms with van der Waals surface area (Å²) < 4.78 is 1.81. The molecule has 5 nitrogen and oxygen atoms in total. The normalized spacial score (nSPS) is 16.3. The second-order valence-electron chi connectivity index (χ2n) is 7.35. The van der Waals surface area contributed by atoms with E-state index in [2.05, 4.69) is 5.32 Å². The maximum Gasteiger partial charge on any atom is 0.257 e. The van der Waals surface area contributed by atoms with E-state index in [0.717, 1.165) is 43.0 Å². The standard InChI is InChI=1S/C23H26N4O.ClH/c1-24-15-18-9-8-14-26(16-18)23(28)21-17-27(20-12-6-3-7-13-20)25-22(21)19-10-4-2-5-11-19;/h2-7,10-13,17-18,24H,8-9,14-16H2,1H3;1H. The van der Waals surface area contributed by atoms with E-state index in [9.17, 15) is 4.79 Å². The van der Waals surface area contributed by atoms with Crippen molar-refractivity contribution in [2.75, 3.05) is 26.7 Å². The third-order valence-electron chi connectivity index (χ3n) is 5.31. The molecule has 0 saturated carbocycles. The zero-order valence-corrected chi connectivity index (χ0v) is 17.4. The number of hydrogen-bond acceptors (Lipinski definition) is 3. The number of hydrogen-bond donors (Lipinski definition) is 1. The van der Waals surface area contributed by atoms with Crippen LogP contribution in [0.25, 0.3) is 16.9 Å².